The minimum absolute atomic E-state index is 0.0334. The van der Waals surface area contributed by atoms with E-state index in [1.54, 1.807) is 12.1 Å². The van der Waals surface area contributed by atoms with Gasteiger partial charge in [0.15, 0.2) is 29.2 Å². The Hall–Kier alpha value is -3.71. The summed E-state index contributed by atoms with van der Waals surface area (Å²) in [6.07, 6.45) is -9.72. The van der Waals surface area contributed by atoms with Gasteiger partial charge < -0.3 is 50.4 Å². The van der Waals surface area contributed by atoms with E-state index in [-0.39, 0.29) is 33.3 Å². The number of anilines is 1. The Bertz CT molecular complexity index is 2360. The predicted molar refractivity (Wildman–Crippen MR) is 181 cm³/mol. The molecular weight excluding hydrogens is 768 g/mol. The van der Waals surface area contributed by atoms with Crippen LogP contribution in [-0.4, -0.2) is 124 Å². The normalized spacial score (nSPS) is 23.3. The fourth-order valence-corrected chi connectivity index (χ4v) is 7.83. The van der Waals surface area contributed by atoms with Crippen molar-refractivity contribution in [1.82, 2.24) is 39.0 Å². The third-order valence-corrected chi connectivity index (χ3v) is 11.2. The summed E-state index contributed by atoms with van der Waals surface area (Å²) in [5, 5.41) is 53.2. The SMILES string of the molecule is Cc1cc2nc3c(=O)[nH]c(=S)nc-3n(C[C@H](O)[C@H](O)[C@H](O)COP(=O)(O)OP(=O)(O)OC[C@H]3O[C@@H](n4cnc5c(N)ncnc54)[C@H](O)[C@@H]3O)c2cc1C. The minimum atomic E-state index is -5.52. The third kappa shape index (κ3) is 8.06. The van der Waals surface area contributed by atoms with Gasteiger partial charge in [0.2, 0.25) is 4.77 Å². The fraction of sp³-hybridized carbons (Fsp3) is 0.444. The molecule has 2 unspecified atom stereocenters. The highest BCUT2D eigenvalue weighted by molar-refractivity contribution is 7.71. The number of phosphoric acid groups is 2. The second-order valence-electron chi connectivity index (χ2n) is 12.1. The van der Waals surface area contributed by atoms with Crippen molar-refractivity contribution in [3.05, 3.63) is 51.0 Å². The highest BCUT2D eigenvalue weighted by Gasteiger charge is 2.46. The Kier molecular flexibility index (Phi) is 10.9. The number of hydrogen-bond donors (Lipinski definition) is 9. The molecule has 1 saturated heterocycles. The number of aliphatic hydroxyl groups excluding tert-OH is 5. The van der Waals surface area contributed by atoms with Crippen LogP contribution in [0.5, 0.6) is 0 Å². The van der Waals surface area contributed by atoms with Gasteiger partial charge in [0.1, 0.15) is 48.5 Å². The van der Waals surface area contributed by atoms with E-state index in [1.165, 1.54) is 15.5 Å². The number of nitrogen functional groups attached to an aromatic ring is 1. The highest BCUT2D eigenvalue weighted by Crippen LogP contribution is 2.60. The van der Waals surface area contributed by atoms with Crippen molar-refractivity contribution < 1.29 is 62.5 Å². The lowest BCUT2D eigenvalue weighted by Crippen LogP contribution is -2.42. The lowest BCUT2D eigenvalue weighted by Gasteiger charge is -2.26. The number of ether oxygens (including phenoxy) is 1. The maximum atomic E-state index is 12.6. The van der Waals surface area contributed by atoms with Crippen LogP contribution in [0.2, 0.25) is 0 Å². The maximum Gasteiger partial charge on any atom is 0.481 e. The van der Waals surface area contributed by atoms with E-state index in [9.17, 15) is 49.2 Å². The molecule has 0 spiro atoms. The Labute approximate surface area is 301 Å². The molecule has 53 heavy (non-hydrogen) atoms. The topological polar surface area (TPSA) is 346 Å². The van der Waals surface area contributed by atoms with Crippen molar-refractivity contribution >= 4 is 55.9 Å². The van der Waals surface area contributed by atoms with Gasteiger partial charge in [-0.2, -0.15) is 9.29 Å². The van der Waals surface area contributed by atoms with Gasteiger partial charge in [-0.3, -0.25) is 23.4 Å². The molecular formula is C27H33N9O14P2S. The van der Waals surface area contributed by atoms with Gasteiger partial charge >= 0.3 is 15.6 Å². The van der Waals surface area contributed by atoms with Crippen LogP contribution < -0.4 is 11.3 Å². The summed E-state index contributed by atoms with van der Waals surface area (Å²) < 4.78 is 46.6. The second-order valence-corrected chi connectivity index (χ2v) is 15.5. The van der Waals surface area contributed by atoms with Gasteiger partial charge in [0, 0.05) is 0 Å². The smallest absolute Gasteiger partial charge is 0.388 e. The Morgan fingerprint density at radius 2 is 1.72 bits per heavy atom. The molecule has 0 amide bonds. The van der Waals surface area contributed by atoms with E-state index in [4.69, 9.17) is 27.2 Å². The summed E-state index contributed by atoms with van der Waals surface area (Å²) in [4.78, 5) is 55.6. The summed E-state index contributed by atoms with van der Waals surface area (Å²) >= 11 is 5.04. The fourth-order valence-electron chi connectivity index (χ4n) is 5.55. The van der Waals surface area contributed by atoms with Gasteiger partial charge in [-0.15, -0.1) is 0 Å². The summed E-state index contributed by atoms with van der Waals surface area (Å²) in [6.45, 7) is 1.01. The van der Waals surface area contributed by atoms with Crippen molar-refractivity contribution in [2.24, 2.45) is 0 Å². The van der Waals surface area contributed by atoms with Crippen LogP contribution in [0.3, 0.4) is 0 Å². The maximum absolute atomic E-state index is 12.6. The summed E-state index contributed by atoms with van der Waals surface area (Å²) in [6, 6.07) is 3.41. The van der Waals surface area contributed by atoms with E-state index < -0.39 is 83.8 Å². The molecule has 3 aromatic rings. The lowest BCUT2D eigenvalue weighted by molar-refractivity contribution is -0.0794. The molecule has 2 aromatic heterocycles. The number of hydrogen-bond acceptors (Lipinski definition) is 19. The molecule has 3 aliphatic rings. The first-order chi connectivity index (χ1) is 24.9. The number of fused-ring (bicyclic) bond motifs is 3. The van der Waals surface area contributed by atoms with Crippen molar-refractivity contribution in [1.29, 1.82) is 0 Å². The first kappa shape index (κ1) is 39.0. The molecule has 23 nitrogen and oxygen atoms in total. The minimum Gasteiger partial charge on any atom is -0.388 e. The molecule has 6 rings (SSSR count). The molecule has 10 N–H and O–H groups in total. The van der Waals surface area contributed by atoms with Crippen LogP contribution in [0, 0.1) is 18.6 Å². The molecule has 0 radical (unpaired) electrons. The number of phosphoric ester groups is 2. The monoisotopic (exact) mass is 801 g/mol. The number of rotatable bonds is 13. The standard InChI is InChI=1S/C27H33N9O14P2S/c1-10-3-12-13(4-11(10)2)35(24-18(32-12)25(42)34-27(53)33-24)5-14(37)19(39)15(38)6-47-51(43,44)50-52(45,46)48-7-16-20(40)21(41)26(49-16)36-9-31-17-22(28)29-8-30-23(17)36/h3-4,8-9,14-16,19-21,26,37-41H,5-7H2,1-2H3,(H,43,44)(H,45,46)(H2,28,29,30)(H,34,42,53)/t14-,15+,16+,19-,20+,21+,26+/m0/s1. The number of nitrogens with one attached hydrogen (secondary N) is 1. The molecule has 286 valence electrons. The molecule has 3 aliphatic heterocycles. The summed E-state index contributed by atoms with van der Waals surface area (Å²) in [5.41, 5.74) is 7.73. The number of aryl methyl sites for hydroxylation is 2. The molecule has 9 atom stereocenters. The van der Waals surface area contributed by atoms with E-state index >= 15 is 0 Å². The number of aliphatic hydroxyl groups is 5. The molecule has 5 heterocycles. The number of H-pyrrole nitrogens is 1. The molecule has 26 heteroatoms. The zero-order valence-corrected chi connectivity index (χ0v) is 30.1. The quantitative estimate of drug-likeness (QED) is 0.0389. The Balaban J connectivity index is 1.07. The third-order valence-electron chi connectivity index (χ3n) is 8.40. The first-order valence-corrected chi connectivity index (χ1v) is 18.8. The van der Waals surface area contributed by atoms with Gasteiger partial charge in [0.05, 0.1) is 37.1 Å². The summed E-state index contributed by atoms with van der Waals surface area (Å²) in [5.74, 6) is 0.00227. The number of nitrogens with two attached hydrogens (primary N) is 1. The number of nitrogens with zero attached hydrogens (tertiary/aromatic N) is 7. The number of aromatic nitrogens is 8. The number of aromatic amines is 1. The van der Waals surface area contributed by atoms with Crippen LogP contribution in [0.1, 0.15) is 17.4 Å². The molecule has 1 fully saturated rings. The first-order valence-electron chi connectivity index (χ1n) is 15.4. The van der Waals surface area contributed by atoms with Gasteiger partial charge in [0.25, 0.3) is 5.56 Å². The highest BCUT2D eigenvalue weighted by atomic mass is 32.1. The zero-order chi connectivity index (χ0) is 38.6. The predicted octanol–water partition coefficient (Wildman–Crippen LogP) is -1.05. The van der Waals surface area contributed by atoms with Crippen molar-refractivity contribution in [3.8, 4) is 11.5 Å². The van der Waals surface area contributed by atoms with Crippen molar-refractivity contribution in [3.63, 3.8) is 0 Å². The van der Waals surface area contributed by atoms with E-state index in [2.05, 4.69) is 38.7 Å². The van der Waals surface area contributed by atoms with Crippen LogP contribution in [0.4, 0.5) is 5.82 Å². The Morgan fingerprint density at radius 1 is 1.02 bits per heavy atom. The molecule has 0 bridgehead atoms. The molecule has 0 aliphatic carbocycles. The lowest BCUT2D eigenvalue weighted by atomic mass is 10.1. The number of benzene rings is 1. The van der Waals surface area contributed by atoms with Crippen molar-refractivity contribution in [2.45, 2.75) is 63.2 Å². The van der Waals surface area contributed by atoms with E-state index in [0.717, 1.165) is 17.5 Å². The average Bonchev–Trinajstić information content (AvgIpc) is 3.63. The van der Waals surface area contributed by atoms with E-state index in [1.807, 2.05) is 13.8 Å². The van der Waals surface area contributed by atoms with Gasteiger partial charge in [-0.05, 0) is 49.3 Å². The van der Waals surface area contributed by atoms with Crippen LogP contribution >= 0.6 is 27.9 Å². The van der Waals surface area contributed by atoms with Gasteiger partial charge in [-0.25, -0.2) is 29.1 Å². The van der Waals surface area contributed by atoms with Crippen molar-refractivity contribution in [2.75, 3.05) is 18.9 Å². The Morgan fingerprint density at radius 3 is 2.45 bits per heavy atom. The van der Waals surface area contributed by atoms with Gasteiger partial charge in [-0.1, -0.05) is 0 Å². The number of imidazole rings is 1. The average molecular weight is 802 g/mol. The largest absolute Gasteiger partial charge is 0.481 e. The molecule has 0 saturated carbocycles. The van der Waals surface area contributed by atoms with Crippen LogP contribution in [-0.2, 0) is 33.8 Å². The van der Waals surface area contributed by atoms with Crippen LogP contribution in [0.15, 0.2) is 29.6 Å². The zero-order valence-electron chi connectivity index (χ0n) is 27.5. The second kappa shape index (κ2) is 14.8. The van der Waals surface area contributed by atoms with E-state index in [0.29, 0.717) is 11.0 Å². The molecule has 1 aromatic carbocycles. The van der Waals surface area contributed by atoms with Crippen LogP contribution in [0.25, 0.3) is 33.7 Å². The summed E-state index contributed by atoms with van der Waals surface area (Å²) in [7, 11) is -11.0.